The molecule has 1 rings (SSSR count). The van der Waals surface area contributed by atoms with Gasteiger partial charge in [-0.2, -0.15) is 5.26 Å². The second-order valence-electron chi connectivity index (χ2n) is 3.93. The average molecular weight is 228 g/mol. The number of nitrogens with zero attached hydrogens (tertiary/aromatic N) is 2. The lowest BCUT2D eigenvalue weighted by Crippen LogP contribution is -2.08. The Hall–Kier alpha value is -2.08. The highest BCUT2D eigenvalue weighted by Crippen LogP contribution is 2.15. The van der Waals surface area contributed by atoms with Crippen LogP contribution in [0.3, 0.4) is 0 Å². The van der Waals surface area contributed by atoms with E-state index in [1.807, 2.05) is 49.3 Å². The molecule has 0 aliphatic heterocycles. The van der Waals surface area contributed by atoms with Crippen molar-refractivity contribution in [3.63, 3.8) is 0 Å². The maximum Gasteiger partial charge on any atom is 0.173 e. The van der Waals surface area contributed by atoms with Crippen molar-refractivity contribution in [1.82, 2.24) is 0 Å². The van der Waals surface area contributed by atoms with E-state index in [1.165, 1.54) is 0 Å². The molecule has 0 aromatic heterocycles. The number of anilines is 1. The van der Waals surface area contributed by atoms with Gasteiger partial charge in [0.2, 0.25) is 0 Å². The molecule has 3 heteroatoms. The predicted octanol–water partition coefficient (Wildman–Crippen LogP) is 2.64. The van der Waals surface area contributed by atoms with E-state index in [4.69, 9.17) is 5.26 Å². The third kappa shape index (κ3) is 3.46. The Morgan fingerprint density at radius 2 is 1.94 bits per heavy atom. The van der Waals surface area contributed by atoms with Gasteiger partial charge >= 0.3 is 0 Å². The molecule has 17 heavy (non-hydrogen) atoms. The summed E-state index contributed by atoms with van der Waals surface area (Å²) in [5.41, 5.74) is 2.17. The maximum absolute atomic E-state index is 11.4. The molecule has 0 aliphatic rings. The molecule has 0 atom stereocenters. The molecule has 0 radical (unpaired) electrons. The van der Waals surface area contributed by atoms with Crippen molar-refractivity contribution in [3.8, 4) is 6.07 Å². The molecule has 3 nitrogen and oxygen atoms in total. The van der Waals surface area contributed by atoms with Crippen LogP contribution >= 0.6 is 0 Å². The number of benzene rings is 1. The monoisotopic (exact) mass is 228 g/mol. The minimum Gasteiger partial charge on any atom is -0.378 e. The topological polar surface area (TPSA) is 44.1 Å². The van der Waals surface area contributed by atoms with Crippen LogP contribution in [0.15, 0.2) is 29.8 Å². The van der Waals surface area contributed by atoms with Crippen molar-refractivity contribution in [1.29, 1.82) is 5.26 Å². The lowest BCUT2D eigenvalue weighted by Gasteiger charge is -2.11. The summed E-state index contributed by atoms with van der Waals surface area (Å²) < 4.78 is 0. The molecule has 1 aromatic carbocycles. The van der Waals surface area contributed by atoms with E-state index >= 15 is 0 Å². The molecular weight excluding hydrogens is 212 g/mol. The zero-order chi connectivity index (χ0) is 12.8. The third-order valence-electron chi connectivity index (χ3n) is 2.46. The summed E-state index contributed by atoms with van der Waals surface area (Å²) in [5, 5.41) is 8.88. The summed E-state index contributed by atoms with van der Waals surface area (Å²) in [5.74, 6) is -0.121. The van der Waals surface area contributed by atoms with Gasteiger partial charge in [0, 0.05) is 26.2 Å². The van der Waals surface area contributed by atoms with Crippen LogP contribution in [-0.4, -0.2) is 19.9 Å². The highest BCUT2D eigenvalue weighted by molar-refractivity contribution is 6.03. The van der Waals surface area contributed by atoms with Crippen molar-refractivity contribution < 1.29 is 4.79 Å². The van der Waals surface area contributed by atoms with Crippen molar-refractivity contribution in [2.75, 3.05) is 19.0 Å². The van der Waals surface area contributed by atoms with Crippen LogP contribution < -0.4 is 4.90 Å². The maximum atomic E-state index is 11.4. The summed E-state index contributed by atoms with van der Waals surface area (Å²) in [6, 6.07) is 9.65. The second kappa shape index (κ2) is 5.86. The fourth-order valence-corrected chi connectivity index (χ4v) is 1.40. The summed E-state index contributed by atoms with van der Waals surface area (Å²) in [4.78, 5) is 13.4. The standard InChI is InChI=1S/C14H16N2O/c1-4-14(17)12(10-15)9-11-5-7-13(8-6-11)16(2)3/h5-9H,4H2,1-3H3. The van der Waals surface area contributed by atoms with Gasteiger partial charge in [-0.1, -0.05) is 19.1 Å². The van der Waals surface area contributed by atoms with Gasteiger partial charge in [-0.15, -0.1) is 0 Å². The Balaban J connectivity index is 2.98. The van der Waals surface area contributed by atoms with Gasteiger partial charge in [0.15, 0.2) is 5.78 Å². The van der Waals surface area contributed by atoms with Crippen LogP contribution in [0.1, 0.15) is 18.9 Å². The Morgan fingerprint density at radius 1 is 1.35 bits per heavy atom. The molecule has 0 heterocycles. The number of rotatable bonds is 4. The van der Waals surface area contributed by atoms with E-state index in [9.17, 15) is 4.79 Å². The van der Waals surface area contributed by atoms with Crippen LogP contribution in [0.5, 0.6) is 0 Å². The van der Waals surface area contributed by atoms with Crippen molar-refractivity contribution in [2.45, 2.75) is 13.3 Å². The molecule has 0 saturated heterocycles. The Labute approximate surface area is 102 Å². The third-order valence-corrected chi connectivity index (χ3v) is 2.46. The predicted molar refractivity (Wildman–Crippen MR) is 69.7 cm³/mol. The van der Waals surface area contributed by atoms with Crippen LogP contribution in [0.4, 0.5) is 5.69 Å². The highest BCUT2D eigenvalue weighted by atomic mass is 16.1. The number of carbonyl (C=O) groups is 1. The Kier molecular flexibility index (Phi) is 4.47. The number of carbonyl (C=O) groups excluding carboxylic acids is 1. The molecule has 0 spiro atoms. The van der Waals surface area contributed by atoms with Crippen molar-refractivity contribution in [2.24, 2.45) is 0 Å². The zero-order valence-electron chi connectivity index (χ0n) is 10.4. The Morgan fingerprint density at radius 3 is 2.35 bits per heavy atom. The molecule has 1 aromatic rings. The molecule has 0 fully saturated rings. The summed E-state index contributed by atoms with van der Waals surface area (Å²) in [7, 11) is 3.93. The summed E-state index contributed by atoms with van der Waals surface area (Å²) in [6.07, 6.45) is 1.99. The summed E-state index contributed by atoms with van der Waals surface area (Å²) in [6.45, 7) is 1.75. The van der Waals surface area contributed by atoms with Gasteiger partial charge in [-0.05, 0) is 23.8 Å². The van der Waals surface area contributed by atoms with Crippen LogP contribution in [0, 0.1) is 11.3 Å². The zero-order valence-corrected chi connectivity index (χ0v) is 10.4. The first kappa shape index (κ1) is 13.0. The first-order valence-electron chi connectivity index (χ1n) is 5.51. The van der Waals surface area contributed by atoms with Crippen molar-refractivity contribution in [3.05, 3.63) is 35.4 Å². The van der Waals surface area contributed by atoms with Gasteiger partial charge < -0.3 is 4.90 Å². The first-order chi connectivity index (χ1) is 8.08. The van der Waals surface area contributed by atoms with E-state index in [2.05, 4.69) is 0 Å². The van der Waals surface area contributed by atoms with E-state index in [-0.39, 0.29) is 11.4 Å². The molecule has 88 valence electrons. The second-order valence-corrected chi connectivity index (χ2v) is 3.93. The Bertz CT molecular complexity index is 464. The molecule has 0 amide bonds. The quantitative estimate of drug-likeness (QED) is 0.587. The number of ketones is 1. The average Bonchev–Trinajstić information content (AvgIpc) is 2.35. The van der Waals surface area contributed by atoms with Gasteiger partial charge in [0.1, 0.15) is 6.07 Å². The van der Waals surface area contributed by atoms with Gasteiger partial charge in [0.05, 0.1) is 5.57 Å². The lowest BCUT2D eigenvalue weighted by atomic mass is 10.1. The molecular formula is C14H16N2O. The molecule has 0 unspecified atom stereocenters. The molecule has 0 aliphatic carbocycles. The van der Waals surface area contributed by atoms with Gasteiger partial charge in [-0.3, -0.25) is 4.79 Å². The van der Waals surface area contributed by atoms with E-state index in [1.54, 1.807) is 13.0 Å². The SMILES string of the molecule is CCC(=O)C(C#N)=Cc1ccc(N(C)C)cc1. The van der Waals surface area contributed by atoms with E-state index < -0.39 is 0 Å². The van der Waals surface area contributed by atoms with Gasteiger partial charge in [0.25, 0.3) is 0 Å². The minimum atomic E-state index is -0.121. The van der Waals surface area contributed by atoms with Crippen molar-refractivity contribution >= 4 is 17.5 Å². The number of nitriles is 1. The largest absolute Gasteiger partial charge is 0.378 e. The molecule has 0 saturated carbocycles. The number of hydrogen-bond donors (Lipinski definition) is 0. The molecule has 0 bridgehead atoms. The van der Waals surface area contributed by atoms with Crippen LogP contribution in [0.25, 0.3) is 6.08 Å². The van der Waals surface area contributed by atoms with E-state index in [0.29, 0.717) is 6.42 Å². The van der Waals surface area contributed by atoms with Crippen LogP contribution in [0.2, 0.25) is 0 Å². The fourth-order valence-electron chi connectivity index (χ4n) is 1.40. The fraction of sp³-hybridized carbons (Fsp3) is 0.286. The van der Waals surface area contributed by atoms with E-state index in [0.717, 1.165) is 11.3 Å². The van der Waals surface area contributed by atoms with Gasteiger partial charge in [-0.25, -0.2) is 0 Å². The summed E-state index contributed by atoms with van der Waals surface area (Å²) >= 11 is 0. The first-order valence-corrected chi connectivity index (χ1v) is 5.51. The number of allylic oxidation sites excluding steroid dienone is 1. The smallest absolute Gasteiger partial charge is 0.173 e. The lowest BCUT2D eigenvalue weighted by molar-refractivity contribution is -0.114. The highest BCUT2D eigenvalue weighted by Gasteiger charge is 2.05. The van der Waals surface area contributed by atoms with Crippen LogP contribution in [-0.2, 0) is 4.79 Å². The number of hydrogen-bond acceptors (Lipinski definition) is 3. The number of Topliss-reactive ketones (excluding diaryl/α,β-unsaturated/α-hetero) is 1. The minimum absolute atomic E-state index is 0.121. The molecule has 0 N–H and O–H groups in total. The normalized spacial score (nSPS) is 10.8.